The molecule has 21 heavy (non-hydrogen) atoms. The molecule has 0 radical (unpaired) electrons. The summed E-state index contributed by atoms with van der Waals surface area (Å²) in [6.07, 6.45) is 4.71. The van der Waals surface area contributed by atoms with Gasteiger partial charge < -0.3 is 15.5 Å². The second-order valence-electron chi connectivity index (χ2n) is 6.25. The second kappa shape index (κ2) is 6.48. The molecular weight excluding hydrogens is 262 g/mol. The van der Waals surface area contributed by atoms with Gasteiger partial charge in [-0.1, -0.05) is 18.2 Å². The number of nitrogens with zero attached hydrogens (tertiary/aromatic N) is 1. The number of nitrogens with one attached hydrogen (secondary N) is 2. The van der Waals surface area contributed by atoms with E-state index in [0.29, 0.717) is 6.04 Å². The predicted molar refractivity (Wildman–Crippen MR) is 85.4 cm³/mol. The molecule has 0 bridgehead atoms. The van der Waals surface area contributed by atoms with Crippen molar-refractivity contribution in [2.45, 2.75) is 51.2 Å². The number of carbonyl (C=O) groups excluding carboxylic acids is 1. The van der Waals surface area contributed by atoms with Crippen LogP contribution in [-0.4, -0.2) is 31.1 Å². The molecule has 4 heteroatoms. The van der Waals surface area contributed by atoms with Crippen molar-refractivity contribution in [3.8, 4) is 0 Å². The van der Waals surface area contributed by atoms with Gasteiger partial charge in [0.25, 0.3) is 0 Å². The lowest BCUT2D eigenvalue weighted by Gasteiger charge is -2.35. The van der Waals surface area contributed by atoms with Crippen LogP contribution in [0.2, 0.25) is 0 Å². The quantitative estimate of drug-likeness (QED) is 0.871. The maximum Gasteiger partial charge on any atom is 0.217 e. The minimum atomic E-state index is 0.0856. The van der Waals surface area contributed by atoms with Crippen LogP contribution in [0.4, 0.5) is 5.69 Å². The molecule has 1 heterocycles. The van der Waals surface area contributed by atoms with E-state index in [2.05, 4.69) is 39.8 Å². The monoisotopic (exact) mass is 287 g/mol. The van der Waals surface area contributed by atoms with Gasteiger partial charge in [-0.3, -0.25) is 4.79 Å². The zero-order valence-electron chi connectivity index (χ0n) is 12.8. The predicted octanol–water partition coefficient (Wildman–Crippen LogP) is 2.04. The molecule has 114 valence electrons. The van der Waals surface area contributed by atoms with E-state index in [1.54, 1.807) is 6.92 Å². The van der Waals surface area contributed by atoms with Gasteiger partial charge in [-0.15, -0.1) is 0 Å². The highest BCUT2D eigenvalue weighted by Gasteiger charge is 2.23. The Balaban J connectivity index is 1.60. The Morgan fingerprint density at radius 1 is 1.14 bits per heavy atom. The van der Waals surface area contributed by atoms with Crippen LogP contribution < -0.4 is 15.5 Å². The lowest BCUT2D eigenvalue weighted by molar-refractivity contribution is -0.119. The van der Waals surface area contributed by atoms with Crippen molar-refractivity contribution >= 4 is 11.6 Å². The highest BCUT2D eigenvalue weighted by molar-refractivity contribution is 5.73. The Hall–Kier alpha value is -1.55. The minimum Gasteiger partial charge on any atom is -0.371 e. The smallest absolute Gasteiger partial charge is 0.217 e. The third-order valence-electron chi connectivity index (χ3n) is 4.39. The van der Waals surface area contributed by atoms with E-state index < -0.39 is 0 Å². The Kier molecular flexibility index (Phi) is 4.44. The molecule has 2 N–H and O–H groups in total. The van der Waals surface area contributed by atoms with Crippen molar-refractivity contribution in [3.05, 3.63) is 29.8 Å². The Morgan fingerprint density at radius 2 is 1.86 bits per heavy atom. The molecular formula is C17H25N3O. The lowest BCUT2D eigenvalue weighted by atomic mass is 10.0. The number of rotatable bonds is 5. The largest absolute Gasteiger partial charge is 0.371 e. The van der Waals surface area contributed by atoms with Crippen molar-refractivity contribution in [3.63, 3.8) is 0 Å². The van der Waals surface area contributed by atoms with Crippen molar-refractivity contribution in [2.24, 2.45) is 0 Å². The summed E-state index contributed by atoms with van der Waals surface area (Å²) in [5.41, 5.74) is 2.74. The fraction of sp³-hybridized carbons (Fsp3) is 0.588. The summed E-state index contributed by atoms with van der Waals surface area (Å²) in [4.78, 5) is 13.6. The van der Waals surface area contributed by atoms with Gasteiger partial charge >= 0.3 is 0 Å². The highest BCUT2D eigenvalue weighted by Crippen LogP contribution is 2.26. The van der Waals surface area contributed by atoms with Gasteiger partial charge in [-0.25, -0.2) is 0 Å². The summed E-state index contributed by atoms with van der Waals surface area (Å²) in [7, 11) is 0. The molecule has 4 nitrogen and oxygen atoms in total. The average Bonchev–Trinajstić information content (AvgIpc) is 3.30. The Labute approximate surface area is 126 Å². The number of carbonyl (C=O) groups is 1. The fourth-order valence-corrected chi connectivity index (χ4v) is 3.06. The van der Waals surface area contributed by atoms with Crippen molar-refractivity contribution < 1.29 is 4.79 Å². The van der Waals surface area contributed by atoms with Gasteiger partial charge in [0.05, 0.1) is 0 Å². The number of hydrogen-bond donors (Lipinski definition) is 2. The summed E-state index contributed by atoms with van der Waals surface area (Å²) in [5.74, 6) is 0.0856. The molecule has 0 aromatic heterocycles. The number of piperidine rings is 1. The fourth-order valence-electron chi connectivity index (χ4n) is 3.06. The van der Waals surface area contributed by atoms with E-state index in [-0.39, 0.29) is 5.91 Å². The maximum absolute atomic E-state index is 11.1. The molecule has 0 atom stereocenters. The second-order valence-corrected chi connectivity index (χ2v) is 6.25. The molecule has 2 aliphatic rings. The van der Waals surface area contributed by atoms with Gasteiger partial charge in [-0.2, -0.15) is 0 Å². The molecule has 1 aromatic rings. The summed E-state index contributed by atoms with van der Waals surface area (Å²) in [6.45, 7) is 4.61. The van der Waals surface area contributed by atoms with E-state index in [9.17, 15) is 4.79 Å². The zero-order valence-corrected chi connectivity index (χ0v) is 12.8. The number of hydrogen-bond acceptors (Lipinski definition) is 3. The number of benzene rings is 1. The van der Waals surface area contributed by atoms with Crippen LogP contribution in [0.1, 0.15) is 38.2 Å². The first-order valence-corrected chi connectivity index (χ1v) is 8.05. The minimum absolute atomic E-state index is 0.0856. The average molecular weight is 287 g/mol. The molecule has 0 unspecified atom stereocenters. The van der Waals surface area contributed by atoms with E-state index in [1.165, 1.54) is 24.1 Å². The van der Waals surface area contributed by atoms with E-state index in [4.69, 9.17) is 0 Å². The molecule has 2 fully saturated rings. The first kappa shape index (κ1) is 14.4. The maximum atomic E-state index is 11.1. The van der Waals surface area contributed by atoms with Gasteiger partial charge in [0.15, 0.2) is 0 Å². The lowest BCUT2D eigenvalue weighted by Crippen LogP contribution is -2.44. The van der Waals surface area contributed by atoms with E-state index >= 15 is 0 Å². The van der Waals surface area contributed by atoms with Gasteiger partial charge in [0.1, 0.15) is 0 Å². The Bertz CT molecular complexity index is 491. The number of anilines is 1. The van der Waals surface area contributed by atoms with Crippen molar-refractivity contribution in [2.75, 3.05) is 18.0 Å². The van der Waals surface area contributed by atoms with Crippen LogP contribution in [0.5, 0.6) is 0 Å². The van der Waals surface area contributed by atoms with Crippen molar-refractivity contribution in [1.82, 2.24) is 10.6 Å². The topological polar surface area (TPSA) is 44.4 Å². The van der Waals surface area contributed by atoms with Crippen LogP contribution >= 0.6 is 0 Å². The summed E-state index contributed by atoms with van der Waals surface area (Å²) < 4.78 is 0. The highest BCUT2D eigenvalue weighted by atomic mass is 16.1. The normalized spacial score (nSPS) is 19.6. The molecule has 1 saturated carbocycles. The number of para-hydroxylation sites is 1. The Morgan fingerprint density at radius 3 is 2.52 bits per heavy atom. The molecule has 1 saturated heterocycles. The van der Waals surface area contributed by atoms with E-state index in [0.717, 1.165) is 38.5 Å². The van der Waals surface area contributed by atoms with Crippen LogP contribution in [0.15, 0.2) is 24.3 Å². The van der Waals surface area contributed by atoms with Crippen molar-refractivity contribution in [1.29, 1.82) is 0 Å². The SMILES string of the molecule is CC(=O)NC1CCN(c2ccccc2CNC2CC2)CC1. The molecule has 1 aromatic carbocycles. The summed E-state index contributed by atoms with van der Waals surface area (Å²) >= 11 is 0. The molecule has 1 aliphatic carbocycles. The third kappa shape index (κ3) is 3.97. The van der Waals surface area contributed by atoms with Gasteiger partial charge in [-0.05, 0) is 37.3 Å². The van der Waals surface area contributed by atoms with E-state index in [1.807, 2.05) is 0 Å². The first-order valence-electron chi connectivity index (χ1n) is 8.05. The van der Waals surface area contributed by atoms with Crippen LogP contribution in [0, 0.1) is 0 Å². The van der Waals surface area contributed by atoms with Crippen LogP contribution in [0.3, 0.4) is 0 Å². The summed E-state index contributed by atoms with van der Waals surface area (Å²) in [6, 6.07) is 9.78. The van der Waals surface area contributed by atoms with Crippen LogP contribution in [-0.2, 0) is 11.3 Å². The standard InChI is InChI=1S/C17H25N3O/c1-13(21)19-16-8-10-20(11-9-16)17-5-3-2-4-14(17)12-18-15-6-7-15/h2-5,15-16,18H,6-12H2,1H3,(H,19,21). The molecule has 1 aliphatic heterocycles. The first-order chi connectivity index (χ1) is 10.2. The zero-order chi connectivity index (χ0) is 14.7. The molecule has 0 spiro atoms. The van der Waals surface area contributed by atoms with Crippen LogP contribution in [0.25, 0.3) is 0 Å². The third-order valence-corrected chi connectivity index (χ3v) is 4.39. The molecule has 1 amide bonds. The summed E-state index contributed by atoms with van der Waals surface area (Å²) in [5, 5.41) is 6.64. The molecule has 3 rings (SSSR count). The van der Waals surface area contributed by atoms with Gasteiger partial charge in [0.2, 0.25) is 5.91 Å². The number of amides is 1. The van der Waals surface area contributed by atoms with Gasteiger partial charge in [0, 0.05) is 44.3 Å².